The second kappa shape index (κ2) is 3.00. The third kappa shape index (κ3) is 2.46. The summed E-state index contributed by atoms with van der Waals surface area (Å²) in [5, 5.41) is 9.03. The van der Waals surface area contributed by atoms with E-state index < -0.39 is 0 Å². The van der Waals surface area contributed by atoms with E-state index in [0.717, 1.165) is 19.6 Å². The molecule has 2 nitrogen and oxygen atoms in total. The molecule has 1 heterocycles. The molecule has 2 heteroatoms. The number of rotatable bonds is 2. The predicted molar refractivity (Wildman–Crippen MR) is 51.1 cm³/mol. The molecule has 72 valence electrons. The maximum Gasteiger partial charge on any atom is 0.0509 e. The molecular weight excluding hydrogens is 150 g/mol. The SMILES string of the molecule is CC(C)(C)CN1CC(C)(CO)C1. The normalized spacial score (nSPS) is 23.8. The zero-order chi connectivity index (χ0) is 9.41. The van der Waals surface area contributed by atoms with Crippen LogP contribution in [0.15, 0.2) is 0 Å². The molecule has 1 N–H and O–H groups in total. The van der Waals surface area contributed by atoms with E-state index in [1.165, 1.54) is 0 Å². The third-order valence-corrected chi connectivity index (χ3v) is 2.29. The molecule has 0 atom stereocenters. The van der Waals surface area contributed by atoms with Crippen molar-refractivity contribution in [3.8, 4) is 0 Å². The molecule has 0 aromatic heterocycles. The molecule has 1 rings (SSSR count). The first-order chi connectivity index (χ1) is 5.35. The fourth-order valence-corrected chi connectivity index (χ4v) is 1.92. The number of nitrogens with zero attached hydrogens (tertiary/aromatic N) is 1. The van der Waals surface area contributed by atoms with Crippen molar-refractivity contribution in [2.24, 2.45) is 10.8 Å². The molecule has 0 bridgehead atoms. The molecule has 0 amide bonds. The number of aliphatic hydroxyl groups is 1. The van der Waals surface area contributed by atoms with Crippen molar-refractivity contribution in [3.05, 3.63) is 0 Å². The topological polar surface area (TPSA) is 23.5 Å². The fraction of sp³-hybridized carbons (Fsp3) is 1.00. The Morgan fingerprint density at radius 2 is 1.83 bits per heavy atom. The van der Waals surface area contributed by atoms with Crippen LogP contribution in [0, 0.1) is 10.8 Å². The van der Waals surface area contributed by atoms with Gasteiger partial charge in [0, 0.05) is 25.0 Å². The summed E-state index contributed by atoms with van der Waals surface area (Å²) >= 11 is 0. The van der Waals surface area contributed by atoms with Crippen molar-refractivity contribution in [3.63, 3.8) is 0 Å². The summed E-state index contributed by atoms with van der Waals surface area (Å²) in [4.78, 5) is 2.41. The second-order valence-electron chi connectivity index (χ2n) is 5.67. The van der Waals surface area contributed by atoms with Gasteiger partial charge in [-0.15, -0.1) is 0 Å². The Labute approximate surface area is 75.6 Å². The van der Waals surface area contributed by atoms with Crippen LogP contribution in [0.5, 0.6) is 0 Å². The highest BCUT2D eigenvalue weighted by Gasteiger charge is 2.39. The molecule has 0 unspecified atom stereocenters. The molecule has 0 saturated carbocycles. The van der Waals surface area contributed by atoms with Gasteiger partial charge in [-0.2, -0.15) is 0 Å². The van der Waals surface area contributed by atoms with Gasteiger partial charge in [0.2, 0.25) is 0 Å². The Balaban J connectivity index is 2.26. The predicted octanol–water partition coefficient (Wildman–Crippen LogP) is 1.35. The van der Waals surface area contributed by atoms with Crippen LogP contribution in [-0.4, -0.2) is 36.2 Å². The zero-order valence-electron chi connectivity index (χ0n) is 8.72. The van der Waals surface area contributed by atoms with Crippen LogP contribution >= 0.6 is 0 Å². The molecule has 0 spiro atoms. The lowest BCUT2D eigenvalue weighted by Gasteiger charge is -2.49. The summed E-state index contributed by atoms with van der Waals surface area (Å²) < 4.78 is 0. The lowest BCUT2D eigenvalue weighted by atomic mass is 9.81. The van der Waals surface area contributed by atoms with Crippen LogP contribution < -0.4 is 0 Å². The maximum absolute atomic E-state index is 9.03. The van der Waals surface area contributed by atoms with E-state index in [4.69, 9.17) is 5.11 Å². The Kier molecular flexibility index (Phi) is 2.50. The first-order valence-corrected chi connectivity index (χ1v) is 4.68. The lowest BCUT2D eigenvalue weighted by molar-refractivity contribution is -0.0420. The van der Waals surface area contributed by atoms with Gasteiger partial charge in [0.1, 0.15) is 0 Å². The summed E-state index contributed by atoms with van der Waals surface area (Å²) in [6, 6.07) is 0. The average molecular weight is 171 g/mol. The van der Waals surface area contributed by atoms with Crippen LogP contribution in [-0.2, 0) is 0 Å². The first kappa shape index (κ1) is 10.0. The van der Waals surface area contributed by atoms with Crippen LogP contribution in [0.4, 0.5) is 0 Å². The monoisotopic (exact) mass is 171 g/mol. The van der Waals surface area contributed by atoms with E-state index in [0.29, 0.717) is 12.0 Å². The van der Waals surface area contributed by atoms with Gasteiger partial charge in [-0.05, 0) is 5.41 Å². The van der Waals surface area contributed by atoms with Crippen molar-refractivity contribution in [1.29, 1.82) is 0 Å². The summed E-state index contributed by atoms with van der Waals surface area (Å²) in [5.41, 5.74) is 0.571. The van der Waals surface area contributed by atoms with Crippen molar-refractivity contribution >= 4 is 0 Å². The minimum Gasteiger partial charge on any atom is -0.396 e. The Bertz CT molecular complexity index is 154. The van der Waals surface area contributed by atoms with Gasteiger partial charge in [0.15, 0.2) is 0 Å². The summed E-state index contributed by atoms with van der Waals surface area (Å²) in [6.07, 6.45) is 0. The van der Waals surface area contributed by atoms with Crippen LogP contribution in [0.2, 0.25) is 0 Å². The highest BCUT2D eigenvalue weighted by molar-refractivity contribution is 4.92. The molecule has 0 aromatic rings. The van der Waals surface area contributed by atoms with Gasteiger partial charge < -0.3 is 10.0 Å². The molecule has 1 saturated heterocycles. The number of likely N-dealkylation sites (tertiary alicyclic amines) is 1. The van der Waals surface area contributed by atoms with Gasteiger partial charge in [-0.3, -0.25) is 0 Å². The van der Waals surface area contributed by atoms with Crippen LogP contribution in [0.3, 0.4) is 0 Å². The van der Waals surface area contributed by atoms with Gasteiger partial charge in [-0.1, -0.05) is 27.7 Å². The molecule has 1 aliphatic heterocycles. The first-order valence-electron chi connectivity index (χ1n) is 4.68. The molecule has 1 fully saturated rings. The Morgan fingerprint density at radius 1 is 1.33 bits per heavy atom. The summed E-state index contributed by atoms with van der Waals surface area (Å²) in [5.74, 6) is 0. The van der Waals surface area contributed by atoms with Crippen molar-refractivity contribution < 1.29 is 5.11 Å². The van der Waals surface area contributed by atoms with Crippen LogP contribution in [0.1, 0.15) is 27.7 Å². The highest BCUT2D eigenvalue weighted by atomic mass is 16.3. The zero-order valence-corrected chi connectivity index (χ0v) is 8.72. The van der Waals surface area contributed by atoms with Gasteiger partial charge >= 0.3 is 0 Å². The molecule has 12 heavy (non-hydrogen) atoms. The van der Waals surface area contributed by atoms with E-state index in [-0.39, 0.29) is 5.41 Å². The van der Waals surface area contributed by atoms with Gasteiger partial charge in [0.25, 0.3) is 0 Å². The van der Waals surface area contributed by atoms with E-state index in [1.807, 2.05) is 0 Å². The standard InChI is InChI=1S/C10H21NO/c1-9(2,3)5-11-6-10(4,7-11)8-12/h12H,5-8H2,1-4H3. The minimum absolute atomic E-state index is 0.186. The molecule has 0 aromatic carbocycles. The minimum atomic E-state index is 0.186. The second-order valence-corrected chi connectivity index (χ2v) is 5.67. The average Bonchev–Trinajstić information content (AvgIpc) is 1.81. The van der Waals surface area contributed by atoms with Gasteiger partial charge in [0.05, 0.1) is 6.61 Å². The quantitative estimate of drug-likeness (QED) is 0.678. The molecular formula is C10H21NO. The number of aliphatic hydroxyl groups excluding tert-OH is 1. The smallest absolute Gasteiger partial charge is 0.0509 e. The fourth-order valence-electron chi connectivity index (χ4n) is 1.92. The van der Waals surface area contributed by atoms with Crippen LogP contribution in [0.25, 0.3) is 0 Å². The van der Waals surface area contributed by atoms with E-state index in [1.54, 1.807) is 0 Å². The lowest BCUT2D eigenvalue weighted by Crippen LogP contribution is -2.58. The Morgan fingerprint density at radius 3 is 2.17 bits per heavy atom. The molecule has 0 aliphatic carbocycles. The maximum atomic E-state index is 9.03. The molecule has 1 aliphatic rings. The largest absolute Gasteiger partial charge is 0.396 e. The van der Waals surface area contributed by atoms with E-state index >= 15 is 0 Å². The number of hydrogen-bond donors (Lipinski definition) is 1. The van der Waals surface area contributed by atoms with Crippen molar-refractivity contribution in [1.82, 2.24) is 4.90 Å². The third-order valence-electron chi connectivity index (χ3n) is 2.29. The summed E-state index contributed by atoms with van der Waals surface area (Å²) in [6.45, 7) is 12.5. The van der Waals surface area contributed by atoms with E-state index in [9.17, 15) is 0 Å². The Hall–Kier alpha value is -0.0800. The van der Waals surface area contributed by atoms with Crippen molar-refractivity contribution in [2.45, 2.75) is 27.7 Å². The van der Waals surface area contributed by atoms with E-state index in [2.05, 4.69) is 32.6 Å². The number of hydrogen-bond acceptors (Lipinski definition) is 2. The highest BCUT2D eigenvalue weighted by Crippen LogP contribution is 2.31. The summed E-state index contributed by atoms with van der Waals surface area (Å²) in [7, 11) is 0. The van der Waals surface area contributed by atoms with Crippen molar-refractivity contribution in [2.75, 3.05) is 26.2 Å². The van der Waals surface area contributed by atoms with Gasteiger partial charge in [-0.25, -0.2) is 0 Å². The molecule has 0 radical (unpaired) electrons.